The second kappa shape index (κ2) is 3.87. The maximum Gasteiger partial charge on any atom is -0.0337 e. The Bertz CT molecular complexity index is 187. The highest BCUT2D eigenvalue weighted by Gasteiger charge is 2.36. The fourth-order valence-electron chi connectivity index (χ4n) is 3.89. The predicted octanol–water partition coefficient (Wildman–Crippen LogP) is 4.64. The van der Waals surface area contributed by atoms with Crippen LogP contribution in [-0.4, -0.2) is 0 Å². The molecule has 2 aliphatic rings. The van der Waals surface area contributed by atoms with Gasteiger partial charge in [0.2, 0.25) is 0 Å². The number of rotatable bonds is 0. The molecule has 0 aromatic heterocycles. The average molecular weight is 194 g/mol. The lowest BCUT2D eigenvalue weighted by Crippen LogP contribution is -2.28. The van der Waals surface area contributed by atoms with E-state index >= 15 is 0 Å². The van der Waals surface area contributed by atoms with Gasteiger partial charge in [0, 0.05) is 0 Å². The summed E-state index contributed by atoms with van der Waals surface area (Å²) in [4.78, 5) is 0. The van der Waals surface area contributed by atoms with Crippen molar-refractivity contribution in [2.75, 3.05) is 0 Å². The Hall–Kier alpha value is 0. The summed E-state index contributed by atoms with van der Waals surface area (Å²) in [7, 11) is 0. The molecule has 0 spiro atoms. The summed E-state index contributed by atoms with van der Waals surface area (Å²) in [6.45, 7) is 7.35. The summed E-state index contributed by atoms with van der Waals surface area (Å²) in [5.74, 6) is 3.16. The summed E-state index contributed by atoms with van der Waals surface area (Å²) < 4.78 is 0. The first-order valence-electron chi connectivity index (χ1n) is 6.57. The van der Waals surface area contributed by atoms with Gasteiger partial charge in [-0.2, -0.15) is 0 Å². The van der Waals surface area contributed by atoms with Crippen LogP contribution in [0.25, 0.3) is 0 Å². The Labute approximate surface area is 89.5 Å². The van der Waals surface area contributed by atoms with Crippen molar-refractivity contribution in [3.63, 3.8) is 0 Å². The third-order valence-corrected chi connectivity index (χ3v) is 4.70. The summed E-state index contributed by atoms with van der Waals surface area (Å²) >= 11 is 0. The van der Waals surface area contributed by atoms with Gasteiger partial charge in [-0.05, 0) is 36.0 Å². The van der Waals surface area contributed by atoms with E-state index in [1.54, 1.807) is 0 Å². The first-order valence-corrected chi connectivity index (χ1v) is 6.57. The van der Waals surface area contributed by atoms with Gasteiger partial charge in [0.1, 0.15) is 0 Å². The van der Waals surface area contributed by atoms with Gasteiger partial charge in [-0.3, -0.25) is 0 Å². The van der Waals surface area contributed by atoms with E-state index < -0.39 is 0 Å². The molecule has 0 saturated heterocycles. The van der Waals surface area contributed by atoms with Crippen LogP contribution in [0.2, 0.25) is 0 Å². The summed E-state index contributed by atoms with van der Waals surface area (Å²) in [5, 5.41) is 0. The topological polar surface area (TPSA) is 0 Å². The van der Waals surface area contributed by atoms with Gasteiger partial charge in [-0.25, -0.2) is 0 Å². The first-order chi connectivity index (χ1) is 6.57. The normalized spacial score (nSPS) is 39.2. The molecule has 2 fully saturated rings. The zero-order chi connectivity index (χ0) is 10.2. The molecule has 0 nitrogen and oxygen atoms in total. The van der Waals surface area contributed by atoms with E-state index in [1.807, 2.05) is 0 Å². The Kier molecular flexibility index (Phi) is 2.91. The molecule has 0 N–H and O–H groups in total. The van der Waals surface area contributed by atoms with Crippen molar-refractivity contribution in [2.24, 2.45) is 23.2 Å². The zero-order valence-corrected chi connectivity index (χ0v) is 10.2. The molecule has 3 atom stereocenters. The van der Waals surface area contributed by atoms with Crippen molar-refractivity contribution in [2.45, 2.75) is 65.7 Å². The SMILES string of the molecule is CC(C)(C)C1CCC2CCCC1CC2. The van der Waals surface area contributed by atoms with E-state index in [2.05, 4.69) is 20.8 Å². The smallest absolute Gasteiger partial charge is 0.0337 e. The molecule has 14 heavy (non-hydrogen) atoms. The summed E-state index contributed by atoms with van der Waals surface area (Å²) in [6, 6.07) is 0. The van der Waals surface area contributed by atoms with Gasteiger partial charge >= 0.3 is 0 Å². The van der Waals surface area contributed by atoms with Gasteiger partial charge in [-0.1, -0.05) is 52.9 Å². The van der Waals surface area contributed by atoms with Crippen molar-refractivity contribution in [3.8, 4) is 0 Å². The Morgan fingerprint density at radius 3 is 2.21 bits per heavy atom. The molecule has 0 aromatic carbocycles. The van der Waals surface area contributed by atoms with Crippen molar-refractivity contribution in [1.29, 1.82) is 0 Å². The lowest BCUT2D eigenvalue weighted by atomic mass is 9.69. The van der Waals surface area contributed by atoms with Crippen LogP contribution in [-0.2, 0) is 0 Å². The van der Waals surface area contributed by atoms with Crippen LogP contribution < -0.4 is 0 Å². The number of hydrogen-bond donors (Lipinski definition) is 0. The van der Waals surface area contributed by atoms with E-state index in [0.29, 0.717) is 5.41 Å². The second-order valence-electron chi connectivity index (χ2n) is 6.68. The Morgan fingerprint density at radius 2 is 1.50 bits per heavy atom. The standard InChI is InChI=1S/C14H26/c1-14(2,3)13-10-8-11-5-4-6-12(13)9-7-11/h11-13H,4-10H2,1-3H3. The molecule has 0 aromatic rings. The molecule has 0 heterocycles. The van der Waals surface area contributed by atoms with E-state index in [-0.39, 0.29) is 0 Å². The van der Waals surface area contributed by atoms with Crippen LogP contribution in [0.3, 0.4) is 0 Å². The molecule has 2 bridgehead atoms. The highest BCUT2D eigenvalue weighted by atomic mass is 14.4. The maximum absolute atomic E-state index is 2.45. The van der Waals surface area contributed by atoms with Gasteiger partial charge in [0.05, 0.1) is 0 Å². The molecule has 0 heteroatoms. The molecule has 2 rings (SSSR count). The first kappa shape index (κ1) is 10.5. The van der Waals surface area contributed by atoms with Gasteiger partial charge in [-0.15, -0.1) is 0 Å². The van der Waals surface area contributed by atoms with Crippen molar-refractivity contribution >= 4 is 0 Å². The van der Waals surface area contributed by atoms with Crippen LogP contribution >= 0.6 is 0 Å². The van der Waals surface area contributed by atoms with Crippen LogP contribution in [0.15, 0.2) is 0 Å². The van der Waals surface area contributed by atoms with Crippen molar-refractivity contribution in [1.82, 2.24) is 0 Å². The molecule has 2 aliphatic carbocycles. The lowest BCUT2D eigenvalue weighted by Gasteiger charge is -2.37. The number of hydrogen-bond acceptors (Lipinski definition) is 0. The van der Waals surface area contributed by atoms with Crippen molar-refractivity contribution < 1.29 is 0 Å². The highest BCUT2D eigenvalue weighted by Crippen LogP contribution is 2.47. The fraction of sp³-hybridized carbons (Fsp3) is 1.00. The quantitative estimate of drug-likeness (QED) is 0.527. The predicted molar refractivity (Wildman–Crippen MR) is 62.2 cm³/mol. The minimum Gasteiger partial charge on any atom is -0.0599 e. The van der Waals surface area contributed by atoms with Gasteiger partial charge in [0.25, 0.3) is 0 Å². The zero-order valence-electron chi connectivity index (χ0n) is 10.2. The van der Waals surface area contributed by atoms with E-state index in [9.17, 15) is 0 Å². The minimum absolute atomic E-state index is 0.552. The molecule has 0 aliphatic heterocycles. The Balaban J connectivity index is 2.11. The molecule has 2 saturated carbocycles. The molecule has 0 radical (unpaired) electrons. The van der Waals surface area contributed by atoms with Gasteiger partial charge in [0.15, 0.2) is 0 Å². The average Bonchev–Trinajstić information content (AvgIpc) is 2.32. The van der Waals surface area contributed by atoms with Crippen LogP contribution in [0, 0.1) is 23.2 Å². The van der Waals surface area contributed by atoms with Crippen LogP contribution in [0.4, 0.5) is 0 Å². The molecular formula is C14H26. The molecular weight excluding hydrogens is 168 g/mol. The fourth-order valence-corrected chi connectivity index (χ4v) is 3.89. The lowest BCUT2D eigenvalue weighted by molar-refractivity contribution is 0.133. The monoisotopic (exact) mass is 194 g/mol. The maximum atomic E-state index is 2.45. The Morgan fingerprint density at radius 1 is 0.786 bits per heavy atom. The van der Waals surface area contributed by atoms with Crippen LogP contribution in [0.1, 0.15) is 65.7 Å². The molecule has 3 unspecified atom stereocenters. The minimum atomic E-state index is 0.552. The third kappa shape index (κ3) is 2.15. The molecule has 82 valence electrons. The van der Waals surface area contributed by atoms with Crippen molar-refractivity contribution in [3.05, 3.63) is 0 Å². The summed E-state index contributed by atoms with van der Waals surface area (Å²) in [6.07, 6.45) is 10.7. The van der Waals surface area contributed by atoms with E-state index in [0.717, 1.165) is 17.8 Å². The van der Waals surface area contributed by atoms with Gasteiger partial charge < -0.3 is 0 Å². The third-order valence-electron chi connectivity index (χ3n) is 4.70. The molecule has 0 amide bonds. The second-order valence-corrected chi connectivity index (χ2v) is 6.68. The summed E-state index contributed by atoms with van der Waals surface area (Å²) in [5.41, 5.74) is 0.552. The van der Waals surface area contributed by atoms with E-state index in [1.165, 1.54) is 44.9 Å². The highest BCUT2D eigenvalue weighted by molar-refractivity contribution is 4.86. The number of fused-ring (bicyclic) bond motifs is 3. The van der Waals surface area contributed by atoms with Crippen LogP contribution in [0.5, 0.6) is 0 Å². The van der Waals surface area contributed by atoms with E-state index in [4.69, 9.17) is 0 Å². The largest absolute Gasteiger partial charge is 0.0599 e.